The van der Waals surface area contributed by atoms with Gasteiger partial charge in [-0.1, -0.05) is 18.0 Å². The summed E-state index contributed by atoms with van der Waals surface area (Å²) in [6.07, 6.45) is 7.12. The molecule has 0 spiro atoms. The van der Waals surface area contributed by atoms with Crippen LogP contribution in [0.15, 0.2) is 6.20 Å². The molecule has 3 nitrogen and oxygen atoms in total. The minimum Gasteiger partial charge on any atom is -0.366 e. The van der Waals surface area contributed by atoms with E-state index in [1.807, 2.05) is 0 Å². The Balaban J connectivity index is 1.70. The molecule has 2 fully saturated rings. The lowest BCUT2D eigenvalue weighted by Gasteiger charge is -2.29. The predicted octanol–water partition coefficient (Wildman–Crippen LogP) is 4.02. The van der Waals surface area contributed by atoms with Gasteiger partial charge in [-0.05, 0) is 55.5 Å². The third-order valence-corrected chi connectivity index (χ3v) is 4.97. The third kappa shape index (κ3) is 2.30. The van der Waals surface area contributed by atoms with Crippen LogP contribution in [0.2, 0.25) is 10.3 Å². The summed E-state index contributed by atoms with van der Waals surface area (Å²) < 4.78 is 0. The van der Waals surface area contributed by atoms with Crippen LogP contribution < -0.4 is 5.32 Å². The first kappa shape index (κ1) is 12.5. The number of rotatable bonds is 3. The number of aromatic nitrogens is 2. The molecule has 4 unspecified atom stereocenters. The van der Waals surface area contributed by atoms with Crippen molar-refractivity contribution < 1.29 is 0 Å². The van der Waals surface area contributed by atoms with E-state index in [4.69, 9.17) is 23.2 Å². The molecule has 5 heteroatoms. The number of hydrogen-bond donors (Lipinski definition) is 1. The Morgan fingerprint density at radius 3 is 2.83 bits per heavy atom. The number of hydrogen-bond acceptors (Lipinski definition) is 3. The van der Waals surface area contributed by atoms with E-state index in [-0.39, 0.29) is 5.28 Å². The number of nitrogens with one attached hydrogen (secondary N) is 1. The van der Waals surface area contributed by atoms with Crippen molar-refractivity contribution in [3.63, 3.8) is 0 Å². The first-order valence-corrected chi connectivity index (χ1v) is 7.33. The highest BCUT2D eigenvalue weighted by Gasteiger charge is 2.41. The largest absolute Gasteiger partial charge is 0.366 e. The van der Waals surface area contributed by atoms with Crippen molar-refractivity contribution in [2.75, 3.05) is 5.32 Å². The van der Waals surface area contributed by atoms with Crippen molar-refractivity contribution >= 4 is 29.0 Å². The van der Waals surface area contributed by atoms with Crippen molar-refractivity contribution in [2.45, 2.75) is 38.6 Å². The molecule has 1 heterocycles. The fourth-order valence-corrected chi connectivity index (χ4v) is 3.95. The molecule has 1 aromatic rings. The second kappa shape index (κ2) is 4.86. The molecule has 98 valence electrons. The summed E-state index contributed by atoms with van der Waals surface area (Å²) in [5.41, 5.74) is 0. The summed E-state index contributed by atoms with van der Waals surface area (Å²) >= 11 is 11.9. The van der Waals surface area contributed by atoms with E-state index < -0.39 is 0 Å². The van der Waals surface area contributed by atoms with E-state index in [9.17, 15) is 0 Å². The minimum atomic E-state index is 0.238. The van der Waals surface area contributed by atoms with Crippen LogP contribution in [-0.2, 0) is 0 Å². The smallest absolute Gasteiger partial charge is 0.224 e. The fourth-order valence-electron chi connectivity index (χ4n) is 3.68. The molecule has 1 aromatic heterocycles. The van der Waals surface area contributed by atoms with Crippen LogP contribution in [0.1, 0.15) is 32.6 Å². The van der Waals surface area contributed by atoms with E-state index in [1.54, 1.807) is 6.20 Å². The molecule has 2 aliphatic carbocycles. The number of nitrogens with zero attached hydrogens (tertiary/aromatic N) is 2. The molecule has 0 radical (unpaired) electrons. The molecule has 3 rings (SSSR count). The second-order valence-electron chi connectivity index (χ2n) is 5.61. The van der Waals surface area contributed by atoms with E-state index >= 15 is 0 Å². The van der Waals surface area contributed by atoms with Gasteiger partial charge in [0.15, 0.2) is 0 Å². The molecule has 2 aliphatic rings. The summed E-state index contributed by atoms with van der Waals surface area (Å²) in [6.45, 7) is 2.22. The molecule has 2 bridgehead atoms. The van der Waals surface area contributed by atoms with Gasteiger partial charge >= 0.3 is 0 Å². The van der Waals surface area contributed by atoms with Gasteiger partial charge in [-0.15, -0.1) is 0 Å². The van der Waals surface area contributed by atoms with Crippen LogP contribution in [0.5, 0.6) is 0 Å². The molecule has 0 saturated heterocycles. The number of halogens is 2. The first-order chi connectivity index (χ1) is 8.63. The van der Waals surface area contributed by atoms with Gasteiger partial charge in [0.05, 0.1) is 6.20 Å². The van der Waals surface area contributed by atoms with Crippen LogP contribution in [0.25, 0.3) is 0 Å². The number of fused-ring (bicyclic) bond motifs is 2. The molecule has 1 N–H and O–H groups in total. The van der Waals surface area contributed by atoms with Gasteiger partial charge in [0.25, 0.3) is 0 Å². The first-order valence-electron chi connectivity index (χ1n) is 6.58. The van der Waals surface area contributed by atoms with Gasteiger partial charge in [0.2, 0.25) is 5.28 Å². The SMILES string of the molecule is CC(Nc1nc(Cl)ncc1Cl)C1CC2CCC1C2. The Morgan fingerprint density at radius 2 is 2.17 bits per heavy atom. The van der Waals surface area contributed by atoms with Crippen LogP contribution in [0, 0.1) is 17.8 Å². The van der Waals surface area contributed by atoms with E-state index in [1.165, 1.54) is 25.7 Å². The summed E-state index contributed by atoms with van der Waals surface area (Å²) in [5.74, 6) is 3.24. The van der Waals surface area contributed by atoms with Crippen molar-refractivity contribution in [3.8, 4) is 0 Å². The molecule has 18 heavy (non-hydrogen) atoms. The Hall–Kier alpha value is -0.540. The molecule has 0 aromatic carbocycles. The number of anilines is 1. The van der Waals surface area contributed by atoms with Crippen LogP contribution in [0.4, 0.5) is 5.82 Å². The fraction of sp³-hybridized carbons (Fsp3) is 0.692. The lowest BCUT2D eigenvalue weighted by molar-refractivity contribution is 0.304. The van der Waals surface area contributed by atoms with E-state index in [2.05, 4.69) is 22.2 Å². The highest BCUT2D eigenvalue weighted by molar-refractivity contribution is 6.33. The zero-order valence-electron chi connectivity index (χ0n) is 10.4. The average molecular weight is 286 g/mol. The minimum absolute atomic E-state index is 0.238. The molecule has 4 atom stereocenters. The van der Waals surface area contributed by atoms with Gasteiger partial charge in [-0.2, -0.15) is 4.98 Å². The van der Waals surface area contributed by atoms with Crippen LogP contribution in [0.3, 0.4) is 0 Å². The molecular weight excluding hydrogens is 269 g/mol. The van der Waals surface area contributed by atoms with Gasteiger partial charge in [-0.3, -0.25) is 0 Å². The van der Waals surface area contributed by atoms with Crippen LogP contribution in [-0.4, -0.2) is 16.0 Å². The van der Waals surface area contributed by atoms with Gasteiger partial charge in [0.1, 0.15) is 10.8 Å². The Bertz CT molecular complexity index is 452. The molecular formula is C13H17Cl2N3. The maximum atomic E-state index is 6.08. The monoisotopic (exact) mass is 285 g/mol. The second-order valence-corrected chi connectivity index (χ2v) is 6.35. The zero-order chi connectivity index (χ0) is 12.7. The summed E-state index contributed by atoms with van der Waals surface area (Å²) in [4.78, 5) is 8.02. The lowest BCUT2D eigenvalue weighted by atomic mass is 9.84. The van der Waals surface area contributed by atoms with Crippen LogP contribution >= 0.6 is 23.2 Å². The highest BCUT2D eigenvalue weighted by Crippen LogP contribution is 2.49. The van der Waals surface area contributed by atoms with Gasteiger partial charge in [0, 0.05) is 6.04 Å². The maximum absolute atomic E-state index is 6.08. The Kier molecular flexibility index (Phi) is 3.37. The highest BCUT2D eigenvalue weighted by atomic mass is 35.5. The van der Waals surface area contributed by atoms with Crippen molar-refractivity contribution in [1.29, 1.82) is 0 Å². The maximum Gasteiger partial charge on any atom is 0.224 e. The van der Waals surface area contributed by atoms with Crippen molar-refractivity contribution in [1.82, 2.24) is 9.97 Å². The topological polar surface area (TPSA) is 37.8 Å². The molecule has 0 aliphatic heterocycles. The van der Waals surface area contributed by atoms with Crippen molar-refractivity contribution in [3.05, 3.63) is 16.5 Å². The summed E-state index contributed by atoms with van der Waals surface area (Å²) in [7, 11) is 0. The summed E-state index contributed by atoms with van der Waals surface area (Å²) in [5, 5.41) is 4.18. The Morgan fingerprint density at radius 1 is 1.33 bits per heavy atom. The van der Waals surface area contributed by atoms with Gasteiger partial charge < -0.3 is 5.32 Å². The van der Waals surface area contributed by atoms with Gasteiger partial charge in [-0.25, -0.2) is 4.98 Å². The summed E-state index contributed by atoms with van der Waals surface area (Å²) in [6, 6.07) is 0.392. The third-order valence-electron chi connectivity index (χ3n) is 4.51. The predicted molar refractivity (Wildman–Crippen MR) is 74.1 cm³/mol. The molecule has 0 amide bonds. The molecule has 2 saturated carbocycles. The van der Waals surface area contributed by atoms with E-state index in [0.717, 1.165) is 17.8 Å². The quantitative estimate of drug-likeness (QED) is 0.853. The van der Waals surface area contributed by atoms with E-state index in [0.29, 0.717) is 16.9 Å². The average Bonchev–Trinajstić information content (AvgIpc) is 2.96. The zero-order valence-corrected chi connectivity index (χ0v) is 11.9. The standard InChI is InChI=1S/C13H17Cl2N3/c1-7(10-5-8-2-3-9(10)4-8)17-12-11(14)6-16-13(15)18-12/h6-10H,2-5H2,1H3,(H,16,17,18). The lowest BCUT2D eigenvalue weighted by Crippen LogP contribution is -2.30. The van der Waals surface area contributed by atoms with Crippen molar-refractivity contribution in [2.24, 2.45) is 17.8 Å². The Labute approximate surface area is 117 Å². The normalized spacial score (nSPS) is 31.6.